The average molecular weight is 659 g/mol. The number of anilines is 1. The maximum atomic E-state index is 12.9. The highest BCUT2D eigenvalue weighted by molar-refractivity contribution is 7.18. The number of thiophene rings is 1. The number of hydrogen-bond donors (Lipinski definition) is 1. The molecule has 3 aliphatic heterocycles. The molecule has 9 nitrogen and oxygen atoms in total. The number of halogens is 3. The number of hydrogen-bond acceptors (Lipinski definition) is 9. The van der Waals surface area contributed by atoms with Gasteiger partial charge in [-0.3, -0.25) is 9.69 Å². The Morgan fingerprint density at radius 1 is 1.07 bits per heavy atom. The second-order valence-corrected chi connectivity index (χ2v) is 14.5. The van der Waals surface area contributed by atoms with Gasteiger partial charge in [0.25, 0.3) is 0 Å². The minimum absolute atomic E-state index is 0.225. The van der Waals surface area contributed by atoms with E-state index in [0.29, 0.717) is 40.3 Å². The van der Waals surface area contributed by atoms with E-state index in [0.717, 1.165) is 108 Å². The lowest BCUT2D eigenvalue weighted by Crippen LogP contribution is -2.49. The van der Waals surface area contributed by atoms with E-state index in [1.807, 2.05) is 11.8 Å². The summed E-state index contributed by atoms with van der Waals surface area (Å²) >= 11 is 1.08. The molecule has 2 aromatic heterocycles. The van der Waals surface area contributed by atoms with Crippen LogP contribution in [0.15, 0.2) is 24.2 Å². The van der Waals surface area contributed by atoms with Crippen LogP contribution in [0.25, 0.3) is 10.2 Å². The van der Waals surface area contributed by atoms with Crippen molar-refractivity contribution in [1.29, 1.82) is 5.26 Å². The van der Waals surface area contributed by atoms with Gasteiger partial charge in [0.05, 0.1) is 11.8 Å². The van der Waals surface area contributed by atoms with Crippen LogP contribution in [0.2, 0.25) is 0 Å². The lowest BCUT2D eigenvalue weighted by Gasteiger charge is -2.40. The number of aromatic nitrogens is 2. The molecule has 0 bridgehead atoms. The van der Waals surface area contributed by atoms with Crippen molar-refractivity contribution >= 4 is 33.3 Å². The number of piperazine rings is 1. The van der Waals surface area contributed by atoms with Gasteiger partial charge in [0.2, 0.25) is 5.91 Å². The van der Waals surface area contributed by atoms with Crippen molar-refractivity contribution in [3.05, 3.63) is 29.0 Å². The molecule has 1 N–H and O–H groups in total. The van der Waals surface area contributed by atoms with Gasteiger partial charge >= 0.3 is 6.18 Å². The fourth-order valence-electron chi connectivity index (χ4n) is 7.91. The molecule has 13 heteroatoms. The van der Waals surface area contributed by atoms with Gasteiger partial charge in [0.1, 0.15) is 28.7 Å². The minimum Gasteiger partial charge on any atom is -0.367 e. The third-order valence-electron chi connectivity index (χ3n) is 10.3. The molecule has 4 aliphatic rings. The molecule has 0 aromatic carbocycles. The standard InChI is InChI=1S/C33H45F3N8OS/c1-2-30(45)43-14-12-41(13-15-43)8-3-9-44-26(20-37)17-24-16-23(4-5-29(24)44)21-42-10-6-25(7-11-42)40-31-28-18-27(19-33(34,35)36)46-32(28)39-22-38-31/h17-18,22-25,29H,2-16,19,21H2,1H3,(H,38,39,40). The van der Waals surface area contributed by atoms with Gasteiger partial charge < -0.3 is 20.0 Å². The highest BCUT2D eigenvalue weighted by Crippen LogP contribution is 2.40. The van der Waals surface area contributed by atoms with Gasteiger partial charge in [0.15, 0.2) is 0 Å². The van der Waals surface area contributed by atoms with Crippen LogP contribution in [0.5, 0.6) is 0 Å². The van der Waals surface area contributed by atoms with Crippen LogP contribution in [-0.2, 0) is 11.2 Å². The van der Waals surface area contributed by atoms with Gasteiger partial charge in [0, 0.05) is 81.7 Å². The molecule has 2 aromatic rings. The zero-order valence-corrected chi connectivity index (χ0v) is 27.5. The predicted octanol–water partition coefficient (Wildman–Crippen LogP) is 5.12. The van der Waals surface area contributed by atoms with Crippen molar-refractivity contribution in [2.24, 2.45) is 11.8 Å². The third-order valence-corrected chi connectivity index (χ3v) is 11.3. The van der Waals surface area contributed by atoms with Crippen molar-refractivity contribution < 1.29 is 18.0 Å². The lowest BCUT2D eigenvalue weighted by atomic mass is 9.78. The zero-order valence-electron chi connectivity index (χ0n) is 26.6. The van der Waals surface area contributed by atoms with E-state index in [4.69, 9.17) is 0 Å². The summed E-state index contributed by atoms with van der Waals surface area (Å²) in [5, 5.41) is 14.1. The van der Waals surface area contributed by atoms with Gasteiger partial charge in [-0.2, -0.15) is 18.4 Å². The number of piperidine rings is 1. The van der Waals surface area contributed by atoms with Crippen molar-refractivity contribution in [2.75, 3.05) is 64.2 Å². The highest BCUT2D eigenvalue weighted by Gasteiger charge is 2.39. The van der Waals surface area contributed by atoms with Crippen molar-refractivity contribution in [2.45, 2.75) is 76.6 Å². The van der Waals surface area contributed by atoms with E-state index in [2.05, 4.69) is 42.1 Å². The summed E-state index contributed by atoms with van der Waals surface area (Å²) in [4.78, 5) is 30.7. The zero-order chi connectivity index (χ0) is 32.3. The summed E-state index contributed by atoms with van der Waals surface area (Å²) in [6.07, 6.45) is 5.41. The summed E-state index contributed by atoms with van der Waals surface area (Å²) in [5.41, 5.74) is 0.843. The molecule has 1 aliphatic carbocycles. The summed E-state index contributed by atoms with van der Waals surface area (Å²) in [5.74, 6) is 1.92. The van der Waals surface area contributed by atoms with Crippen LogP contribution < -0.4 is 5.32 Å². The lowest BCUT2D eigenvalue weighted by molar-refractivity contribution is -0.132. The molecule has 46 heavy (non-hydrogen) atoms. The SMILES string of the molecule is CCC(=O)N1CCN(CCCN2C(C#N)=CC3CC(CN4CCC(Nc5ncnc6sc(CC(F)(F)F)cc56)CC4)CCC32)CC1. The third kappa shape index (κ3) is 7.94. The molecule has 2 saturated heterocycles. The Morgan fingerprint density at radius 3 is 2.57 bits per heavy atom. The number of alkyl halides is 3. The Labute approximate surface area is 273 Å². The predicted molar refractivity (Wildman–Crippen MR) is 173 cm³/mol. The van der Waals surface area contributed by atoms with Crippen LogP contribution >= 0.6 is 11.3 Å². The minimum atomic E-state index is -4.24. The molecule has 3 atom stereocenters. The maximum absolute atomic E-state index is 12.9. The normalized spacial score (nSPS) is 25.0. The van der Waals surface area contributed by atoms with Gasteiger partial charge in [-0.25, -0.2) is 9.97 Å². The largest absolute Gasteiger partial charge is 0.393 e. The van der Waals surface area contributed by atoms with Crippen molar-refractivity contribution in [3.8, 4) is 6.07 Å². The molecular formula is C33H45F3N8OS. The molecule has 3 unspecified atom stereocenters. The van der Waals surface area contributed by atoms with Crippen LogP contribution in [0.1, 0.15) is 56.7 Å². The number of rotatable bonds is 10. The molecule has 1 amide bonds. The number of likely N-dealkylation sites (tertiary alicyclic amines) is 1. The fraction of sp³-hybridized carbons (Fsp3) is 0.697. The van der Waals surface area contributed by atoms with E-state index < -0.39 is 12.6 Å². The number of nitrogens with one attached hydrogen (secondary N) is 1. The first-order valence-electron chi connectivity index (χ1n) is 16.9. The first kappa shape index (κ1) is 33.0. The Balaban J connectivity index is 0.936. The molecule has 1 saturated carbocycles. The number of amides is 1. The Kier molecular flexibility index (Phi) is 10.3. The summed E-state index contributed by atoms with van der Waals surface area (Å²) in [6.45, 7) is 10.4. The number of fused-ring (bicyclic) bond motifs is 2. The van der Waals surface area contributed by atoms with Gasteiger partial charge in [-0.15, -0.1) is 11.3 Å². The summed E-state index contributed by atoms with van der Waals surface area (Å²) < 4.78 is 38.8. The fourth-order valence-corrected chi connectivity index (χ4v) is 8.94. The maximum Gasteiger partial charge on any atom is 0.393 e. The van der Waals surface area contributed by atoms with Crippen LogP contribution in [0, 0.1) is 23.2 Å². The Bertz CT molecular complexity index is 1420. The average Bonchev–Trinajstić information content (AvgIpc) is 3.61. The Morgan fingerprint density at radius 2 is 1.85 bits per heavy atom. The molecule has 5 heterocycles. The van der Waals surface area contributed by atoms with Crippen LogP contribution in [0.4, 0.5) is 19.0 Å². The van der Waals surface area contributed by atoms with E-state index in [-0.39, 0.29) is 16.8 Å². The quantitative estimate of drug-likeness (QED) is 0.376. The van der Waals surface area contributed by atoms with Gasteiger partial charge in [-0.05, 0) is 63.1 Å². The second kappa shape index (κ2) is 14.4. The Hall–Kier alpha value is -2.95. The van der Waals surface area contributed by atoms with Crippen molar-refractivity contribution in [3.63, 3.8) is 0 Å². The van der Waals surface area contributed by atoms with E-state index in [1.165, 1.54) is 12.7 Å². The molecule has 6 rings (SSSR count). The number of nitriles is 1. The molecule has 0 spiro atoms. The first-order valence-corrected chi connectivity index (χ1v) is 17.7. The molecular weight excluding hydrogens is 613 g/mol. The van der Waals surface area contributed by atoms with Crippen LogP contribution in [-0.4, -0.2) is 113 Å². The molecule has 3 fully saturated rings. The first-order chi connectivity index (χ1) is 22.2. The monoisotopic (exact) mass is 658 g/mol. The topological polar surface area (TPSA) is 91.6 Å². The number of nitrogens with zero attached hydrogens (tertiary/aromatic N) is 7. The second-order valence-electron chi connectivity index (χ2n) is 13.4. The highest BCUT2D eigenvalue weighted by atomic mass is 32.1. The van der Waals surface area contributed by atoms with Gasteiger partial charge in [-0.1, -0.05) is 6.92 Å². The van der Waals surface area contributed by atoms with E-state index in [9.17, 15) is 23.2 Å². The summed E-state index contributed by atoms with van der Waals surface area (Å²) in [6, 6.07) is 4.72. The molecule has 0 radical (unpaired) electrons. The number of carbonyl (C=O) groups excluding carboxylic acids is 1. The smallest absolute Gasteiger partial charge is 0.367 e. The molecule has 250 valence electrons. The van der Waals surface area contributed by atoms with Crippen LogP contribution in [0.3, 0.4) is 0 Å². The number of carbonyl (C=O) groups is 1. The van der Waals surface area contributed by atoms with E-state index >= 15 is 0 Å². The van der Waals surface area contributed by atoms with E-state index in [1.54, 1.807) is 6.07 Å². The van der Waals surface area contributed by atoms with Crippen molar-refractivity contribution in [1.82, 2.24) is 29.6 Å². The number of allylic oxidation sites excluding steroid dienone is 1. The summed E-state index contributed by atoms with van der Waals surface area (Å²) in [7, 11) is 0.